The lowest BCUT2D eigenvalue weighted by molar-refractivity contribution is -0.675. The second-order valence-corrected chi connectivity index (χ2v) is 4.93. The fraction of sp³-hybridized carbons (Fsp3) is 0.231. The van der Waals surface area contributed by atoms with Gasteiger partial charge in [0.05, 0.1) is 6.42 Å². The number of aliphatic carboxylic acids is 1. The van der Waals surface area contributed by atoms with Gasteiger partial charge in [-0.3, -0.25) is 4.79 Å². The van der Waals surface area contributed by atoms with Crippen LogP contribution in [-0.4, -0.2) is 26.8 Å². The summed E-state index contributed by atoms with van der Waals surface area (Å²) in [4.78, 5) is 18.7. The van der Waals surface area contributed by atoms with Crippen LogP contribution >= 0.6 is 11.8 Å². The minimum atomic E-state index is -0.755. The first-order chi connectivity index (χ1) is 9.25. The fourth-order valence-corrected chi connectivity index (χ4v) is 2.30. The molecular formula is C13H14N3O2S+. The second-order valence-electron chi connectivity index (χ2n) is 3.85. The van der Waals surface area contributed by atoms with E-state index in [0.29, 0.717) is 11.6 Å². The van der Waals surface area contributed by atoms with Crippen LogP contribution in [0, 0.1) is 0 Å². The van der Waals surface area contributed by atoms with E-state index in [1.807, 2.05) is 29.1 Å². The van der Waals surface area contributed by atoms with E-state index in [0.717, 1.165) is 11.4 Å². The molecule has 5 nitrogen and oxygen atoms in total. The second kappa shape index (κ2) is 6.84. The first-order valence-corrected chi connectivity index (χ1v) is 6.97. The van der Waals surface area contributed by atoms with Gasteiger partial charge in [0, 0.05) is 35.8 Å². The maximum atomic E-state index is 10.4. The van der Waals surface area contributed by atoms with Gasteiger partial charge in [0.1, 0.15) is 0 Å². The number of carbonyl (C=O) groups is 1. The summed E-state index contributed by atoms with van der Waals surface area (Å²) >= 11 is 1.59. The van der Waals surface area contributed by atoms with Gasteiger partial charge in [-0.15, -0.1) is 0 Å². The Morgan fingerprint density at radius 2 is 1.95 bits per heavy atom. The number of pyridine rings is 1. The minimum Gasteiger partial charge on any atom is -0.481 e. The molecule has 0 aliphatic carbocycles. The van der Waals surface area contributed by atoms with Crippen LogP contribution in [0.4, 0.5) is 0 Å². The number of nitrogens with zero attached hydrogens (tertiary/aromatic N) is 3. The summed E-state index contributed by atoms with van der Waals surface area (Å²) in [7, 11) is 0. The standard InChI is InChI=1S/C13H13N3O2S/c17-12(18)4-9-19-10-16-7-2-11(3-8-16)13-14-5-1-6-15-13/h1-3,5-8H,4,9-10H2/p+1. The maximum absolute atomic E-state index is 10.4. The topological polar surface area (TPSA) is 67.0 Å². The first kappa shape index (κ1) is 13.5. The van der Waals surface area contributed by atoms with E-state index < -0.39 is 5.97 Å². The third kappa shape index (κ3) is 4.33. The molecule has 0 spiro atoms. The molecule has 0 saturated carbocycles. The molecule has 6 heteroatoms. The minimum absolute atomic E-state index is 0.196. The van der Waals surface area contributed by atoms with Crippen molar-refractivity contribution in [3.05, 3.63) is 43.0 Å². The van der Waals surface area contributed by atoms with E-state index in [2.05, 4.69) is 9.97 Å². The highest BCUT2D eigenvalue weighted by molar-refractivity contribution is 7.98. The van der Waals surface area contributed by atoms with Gasteiger partial charge >= 0.3 is 5.97 Å². The van der Waals surface area contributed by atoms with E-state index >= 15 is 0 Å². The van der Waals surface area contributed by atoms with E-state index in [4.69, 9.17) is 5.11 Å². The smallest absolute Gasteiger partial charge is 0.304 e. The van der Waals surface area contributed by atoms with Crippen molar-refractivity contribution >= 4 is 17.7 Å². The van der Waals surface area contributed by atoms with Crippen LogP contribution in [0.2, 0.25) is 0 Å². The lowest BCUT2D eigenvalue weighted by Crippen LogP contribution is -2.30. The molecular weight excluding hydrogens is 262 g/mol. The van der Waals surface area contributed by atoms with Crippen LogP contribution < -0.4 is 4.57 Å². The summed E-state index contributed by atoms with van der Waals surface area (Å²) in [5.41, 5.74) is 0.965. The van der Waals surface area contributed by atoms with Gasteiger partial charge < -0.3 is 5.11 Å². The van der Waals surface area contributed by atoms with Gasteiger partial charge in [-0.2, -0.15) is 4.57 Å². The Labute approximate surface area is 115 Å². The van der Waals surface area contributed by atoms with Gasteiger partial charge in [-0.1, -0.05) is 11.8 Å². The number of thioether (sulfide) groups is 1. The predicted octanol–water partition coefficient (Wildman–Crippen LogP) is 1.60. The summed E-state index contributed by atoms with van der Waals surface area (Å²) in [5.74, 6) is 1.30. The Morgan fingerprint density at radius 3 is 2.58 bits per heavy atom. The monoisotopic (exact) mass is 276 g/mol. The molecule has 0 amide bonds. The molecule has 0 saturated heterocycles. The lowest BCUT2D eigenvalue weighted by Gasteiger charge is -1.99. The zero-order valence-electron chi connectivity index (χ0n) is 10.3. The quantitative estimate of drug-likeness (QED) is 0.641. The molecule has 98 valence electrons. The molecule has 19 heavy (non-hydrogen) atoms. The van der Waals surface area contributed by atoms with Crippen LogP contribution in [0.5, 0.6) is 0 Å². The number of rotatable bonds is 6. The fourth-order valence-electron chi connectivity index (χ4n) is 1.47. The third-order valence-corrected chi connectivity index (χ3v) is 3.39. The number of hydrogen-bond donors (Lipinski definition) is 1. The normalized spacial score (nSPS) is 10.3. The zero-order chi connectivity index (χ0) is 13.5. The molecule has 0 unspecified atom stereocenters. The van der Waals surface area contributed by atoms with Gasteiger partial charge in [0.15, 0.2) is 24.1 Å². The van der Waals surface area contributed by atoms with Crippen LogP contribution in [0.1, 0.15) is 6.42 Å². The molecule has 1 N–H and O–H groups in total. The number of carboxylic acids is 1. The van der Waals surface area contributed by atoms with Crippen molar-refractivity contribution < 1.29 is 14.5 Å². The highest BCUT2D eigenvalue weighted by atomic mass is 32.2. The van der Waals surface area contributed by atoms with Crippen molar-refractivity contribution in [2.45, 2.75) is 12.3 Å². The highest BCUT2D eigenvalue weighted by Crippen LogP contribution is 2.11. The van der Waals surface area contributed by atoms with Crippen molar-refractivity contribution in [1.29, 1.82) is 0 Å². The Bertz CT molecular complexity index is 531. The van der Waals surface area contributed by atoms with Gasteiger partial charge in [-0.25, -0.2) is 9.97 Å². The van der Waals surface area contributed by atoms with Crippen LogP contribution in [0.3, 0.4) is 0 Å². The van der Waals surface area contributed by atoms with Crippen molar-refractivity contribution in [3.8, 4) is 11.4 Å². The van der Waals surface area contributed by atoms with E-state index in [1.165, 1.54) is 0 Å². The molecule has 2 aromatic rings. The SMILES string of the molecule is O=C(O)CCSC[n+]1ccc(-c2ncccn2)cc1. The predicted molar refractivity (Wildman–Crippen MR) is 72.4 cm³/mol. The molecule has 0 atom stereocenters. The molecule has 0 aliphatic rings. The van der Waals surface area contributed by atoms with Gasteiger partial charge in [0.25, 0.3) is 0 Å². The van der Waals surface area contributed by atoms with Crippen molar-refractivity contribution in [2.24, 2.45) is 0 Å². The summed E-state index contributed by atoms with van der Waals surface area (Å²) in [6.45, 7) is 0. The van der Waals surface area contributed by atoms with Crippen LogP contribution in [0.15, 0.2) is 43.0 Å². The summed E-state index contributed by atoms with van der Waals surface area (Å²) in [6, 6.07) is 5.69. The summed E-state index contributed by atoms with van der Waals surface area (Å²) < 4.78 is 2.00. The lowest BCUT2D eigenvalue weighted by atomic mass is 10.2. The molecule has 0 aliphatic heterocycles. The Kier molecular flexibility index (Phi) is 4.85. The number of carboxylic acid groups (broad SMARTS) is 1. The molecule has 2 rings (SSSR count). The largest absolute Gasteiger partial charge is 0.481 e. The highest BCUT2D eigenvalue weighted by Gasteiger charge is 2.05. The average Bonchev–Trinajstić information content (AvgIpc) is 2.45. The molecule has 0 fully saturated rings. The first-order valence-electron chi connectivity index (χ1n) is 5.82. The van der Waals surface area contributed by atoms with E-state index in [-0.39, 0.29) is 6.42 Å². The Morgan fingerprint density at radius 1 is 1.26 bits per heavy atom. The summed E-state index contributed by atoms with van der Waals surface area (Å²) in [6.07, 6.45) is 7.51. The van der Waals surface area contributed by atoms with Crippen molar-refractivity contribution in [2.75, 3.05) is 5.75 Å². The van der Waals surface area contributed by atoms with E-state index in [9.17, 15) is 4.79 Å². The molecule has 0 aromatic carbocycles. The van der Waals surface area contributed by atoms with Crippen molar-refractivity contribution in [3.63, 3.8) is 0 Å². The number of aromatic nitrogens is 3. The molecule has 2 aromatic heterocycles. The van der Waals surface area contributed by atoms with Gasteiger partial charge in [-0.05, 0) is 6.07 Å². The number of hydrogen-bond acceptors (Lipinski definition) is 4. The van der Waals surface area contributed by atoms with E-state index in [1.54, 1.807) is 30.2 Å². The average molecular weight is 276 g/mol. The Hall–Kier alpha value is -1.95. The molecule has 0 radical (unpaired) electrons. The van der Waals surface area contributed by atoms with Crippen molar-refractivity contribution in [1.82, 2.24) is 9.97 Å². The van der Waals surface area contributed by atoms with Crippen LogP contribution in [0.25, 0.3) is 11.4 Å². The van der Waals surface area contributed by atoms with Gasteiger partial charge in [0.2, 0.25) is 0 Å². The zero-order valence-corrected chi connectivity index (χ0v) is 11.1. The Balaban J connectivity index is 1.90. The third-order valence-electron chi connectivity index (χ3n) is 2.42. The molecule has 2 heterocycles. The molecule has 0 bridgehead atoms. The summed E-state index contributed by atoms with van der Waals surface area (Å²) in [5, 5.41) is 8.54. The van der Waals surface area contributed by atoms with Crippen LogP contribution in [-0.2, 0) is 10.7 Å². The maximum Gasteiger partial charge on any atom is 0.304 e.